The normalized spacial score (nSPS) is 9.76. The van der Waals surface area contributed by atoms with E-state index in [1.807, 2.05) is 36.4 Å². The lowest BCUT2D eigenvalue weighted by atomic mass is 10.3. The third kappa shape index (κ3) is 3.71. The van der Waals surface area contributed by atoms with Gasteiger partial charge in [-0.2, -0.15) is 0 Å². The molecule has 90 valence electrons. The number of rotatable bonds is 2. The van der Waals surface area contributed by atoms with E-state index in [4.69, 9.17) is 28.9 Å². The highest BCUT2D eigenvalue weighted by Gasteiger charge is 2.05. The second-order valence-electron chi connectivity index (χ2n) is 3.22. The quantitative estimate of drug-likeness (QED) is 0.777. The van der Waals surface area contributed by atoms with Gasteiger partial charge in [-0.15, -0.1) is 12.4 Å². The molecule has 0 atom stereocenters. The fourth-order valence-electron chi connectivity index (χ4n) is 1.25. The summed E-state index contributed by atoms with van der Waals surface area (Å²) in [6, 6.07) is 13.1. The van der Waals surface area contributed by atoms with E-state index in [2.05, 4.69) is 0 Å². The van der Waals surface area contributed by atoms with Gasteiger partial charge in [0.05, 0.1) is 10.0 Å². The molecule has 2 rings (SSSR count). The van der Waals surface area contributed by atoms with Crippen molar-refractivity contribution in [3.8, 4) is 0 Å². The molecule has 2 aromatic carbocycles. The first kappa shape index (κ1) is 14.5. The maximum atomic E-state index is 6.09. The predicted molar refractivity (Wildman–Crippen MR) is 78.7 cm³/mol. The average Bonchev–Trinajstić information content (AvgIpc) is 2.25. The molecule has 2 N–H and O–H groups in total. The van der Waals surface area contributed by atoms with Crippen molar-refractivity contribution >= 4 is 53.1 Å². The number of nitrogens with two attached hydrogens (primary N) is 1. The molecule has 0 amide bonds. The van der Waals surface area contributed by atoms with Crippen LogP contribution in [0.4, 0.5) is 5.69 Å². The maximum absolute atomic E-state index is 6.09. The molecule has 0 saturated carbocycles. The van der Waals surface area contributed by atoms with Gasteiger partial charge in [0.1, 0.15) is 0 Å². The Morgan fingerprint density at radius 2 is 1.53 bits per heavy atom. The van der Waals surface area contributed by atoms with Gasteiger partial charge in [0.25, 0.3) is 0 Å². The van der Waals surface area contributed by atoms with Gasteiger partial charge in [-0.3, -0.25) is 0 Å². The molecule has 0 aliphatic carbocycles. The second kappa shape index (κ2) is 6.41. The van der Waals surface area contributed by atoms with E-state index in [0.717, 1.165) is 14.8 Å². The van der Waals surface area contributed by atoms with Crippen LogP contribution in [0, 0.1) is 0 Å². The molecule has 1 nitrogen and oxygen atoms in total. The van der Waals surface area contributed by atoms with Gasteiger partial charge in [-0.25, -0.2) is 0 Å². The summed E-state index contributed by atoms with van der Waals surface area (Å²) in [5.41, 5.74) is 6.29. The van der Waals surface area contributed by atoms with Crippen LogP contribution in [0.25, 0.3) is 0 Å². The zero-order valence-corrected chi connectivity index (χ0v) is 11.8. The van der Waals surface area contributed by atoms with Crippen molar-refractivity contribution in [2.45, 2.75) is 9.79 Å². The van der Waals surface area contributed by atoms with Crippen LogP contribution >= 0.6 is 47.4 Å². The fourth-order valence-corrected chi connectivity index (χ4v) is 2.64. The van der Waals surface area contributed by atoms with Crippen LogP contribution in [0.3, 0.4) is 0 Å². The Labute approximate surface area is 121 Å². The summed E-state index contributed by atoms with van der Waals surface area (Å²) in [5.74, 6) is 0. The summed E-state index contributed by atoms with van der Waals surface area (Å²) in [5, 5.41) is 1.37. The highest BCUT2D eigenvalue weighted by atomic mass is 35.5. The van der Waals surface area contributed by atoms with E-state index in [9.17, 15) is 0 Å². The van der Waals surface area contributed by atoms with Crippen LogP contribution in [0.15, 0.2) is 52.3 Å². The zero-order chi connectivity index (χ0) is 11.5. The summed E-state index contributed by atoms with van der Waals surface area (Å²) in [6.45, 7) is 0. The van der Waals surface area contributed by atoms with E-state index in [-0.39, 0.29) is 12.4 Å². The summed E-state index contributed by atoms with van der Waals surface area (Å²) in [6.07, 6.45) is 0. The van der Waals surface area contributed by atoms with Crippen molar-refractivity contribution in [1.82, 2.24) is 0 Å². The van der Waals surface area contributed by atoms with Gasteiger partial charge < -0.3 is 5.73 Å². The van der Waals surface area contributed by atoms with Crippen LogP contribution in [0.2, 0.25) is 10.0 Å². The second-order valence-corrected chi connectivity index (χ2v) is 5.12. The highest BCUT2D eigenvalue weighted by Crippen LogP contribution is 2.37. The van der Waals surface area contributed by atoms with Crippen LogP contribution in [0.1, 0.15) is 0 Å². The maximum Gasteiger partial charge on any atom is 0.0565 e. The minimum atomic E-state index is 0. The number of hydrogen-bond donors (Lipinski definition) is 1. The van der Waals surface area contributed by atoms with Crippen molar-refractivity contribution in [2.75, 3.05) is 5.73 Å². The lowest BCUT2D eigenvalue weighted by Crippen LogP contribution is -1.84. The number of halogens is 3. The SMILES string of the molecule is Cl.Nc1ccc(Sc2ccccc2Cl)c(Cl)c1. The van der Waals surface area contributed by atoms with Crippen LogP contribution in [-0.4, -0.2) is 0 Å². The number of anilines is 1. The Morgan fingerprint density at radius 3 is 2.18 bits per heavy atom. The van der Waals surface area contributed by atoms with Crippen molar-refractivity contribution < 1.29 is 0 Å². The Kier molecular flexibility index (Phi) is 5.47. The molecular formula is C12H10Cl3NS. The fraction of sp³-hybridized carbons (Fsp3) is 0. The molecule has 2 aromatic rings. The summed E-state index contributed by atoms with van der Waals surface area (Å²) in [7, 11) is 0. The molecule has 0 saturated heterocycles. The monoisotopic (exact) mass is 305 g/mol. The number of benzene rings is 2. The molecule has 0 unspecified atom stereocenters. The molecule has 17 heavy (non-hydrogen) atoms. The van der Waals surface area contributed by atoms with E-state index < -0.39 is 0 Å². The van der Waals surface area contributed by atoms with Crippen LogP contribution < -0.4 is 5.73 Å². The van der Waals surface area contributed by atoms with Crippen molar-refractivity contribution in [1.29, 1.82) is 0 Å². The average molecular weight is 307 g/mol. The molecule has 0 radical (unpaired) electrons. The summed E-state index contributed by atoms with van der Waals surface area (Å²) in [4.78, 5) is 1.93. The first-order chi connectivity index (χ1) is 7.66. The van der Waals surface area contributed by atoms with Crippen LogP contribution in [0.5, 0.6) is 0 Å². The van der Waals surface area contributed by atoms with Gasteiger partial charge in [-0.05, 0) is 30.3 Å². The first-order valence-corrected chi connectivity index (χ1v) is 6.21. The Balaban J connectivity index is 0.00000144. The first-order valence-electron chi connectivity index (χ1n) is 4.64. The van der Waals surface area contributed by atoms with Gasteiger partial charge in [-0.1, -0.05) is 47.1 Å². The van der Waals surface area contributed by atoms with Gasteiger partial charge >= 0.3 is 0 Å². The molecule has 0 bridgehead atoms. The Bertz CT molecular complexity index is 517. The Morgan fingerprint density at radius 1 is 0.882 bits per heavy atom. The highest BCUT2D eigenvalue weighted by molar-refractivity contribution is 7.99. The minimum absolute atomic E-state index is 0. The van der Waals surface area contributed by atoms with E-state index in [1.165, 1.54) is 11.8 Å². The standard InChI is InChI=1S/C12H9Cl2NS.ClH/c13-9-3-1-2-4-11(9)16-12-6-5-8(15)7-10(12)14;/h1-7H,15H2;1H. The molecule has 0 aromatic heterocycles. The molecular weight excluding hydrogens is 297 g/mol. The lowest BCUT2D eigenvalue weighted by molar-refractivity contribution is 1.41. The van der Waals surface area contributed by atoms with Crippen molar-refractivity contribution in [3.05, 3.63) is 52.5 Å². The molecule has 0 spiro atoms. The molecule has 0 aliphatic rings. The third-order valence-corrected chi connectivity index (χ3v) is 4.03. The zero-order valence-electron chi connectivity index (χ0n) is 8.69. The lowest BCUT2D eigenvalue weighted by Gasteiger charge is -2.06. The smallest absolute Gasteiger partial charge is 0.0565 e. The van der Waals surface area contributed by atoms with E-state index in [1.54, 1.807) is 6.07 Å². The summed E-state index contributed by atoms with van der Waals surface area (Å²) >= 11 is 13.7. The summed E-state index contributed by atoms with van der Waals surface area (Å²) < 4.78 is 0. The topological polar surface area (TPSA) is 26.0 Å². The molecule has 0 heterocycles. The Hall–Kier alpha value is -0.540. The molecule has 0 fully saturated rings. The molecule has 0 aliphatic heterocycles. The minimum Gasteiger partial charge on any atom is -0.399 e. The van der Waals surface area contributed by atoms with Gasteiger partial charge in [0.15, 0.2) is 0 Å². The van der Waals surface area contributed by atoms with E-state index >= 15 is 0 Å². The van der Waals surface area contributed by atoms with Crippen molar-refractivity contribution in [3.63, 3.8) is 0 Å². The largest absolute Gasteiger partial charge is 0.399 e. The van der Waals surface area contributed by atoms with E-state index in [0.29, 0.717) is 10.7 Å². The number of nitrogen functional groups attached to an aromatic ring is 1. The van der Waals surface area contributed by atoms with Crippen molar-refractivity contribution in [2.24, 2.45) is 0 Å². The number of hydrogen-bond acceptors (Lipinski definition) is 2. The third-order valence-electron chi connectivity index (χ3n) is 2.01. The predicted octanol–water partition coefficient (Wildman–Crippen LogP) is 5.15. The van der Waals surface area contributed by atoms with Gasteiger partial charge in [0, 0.05) is 15.5 Å². The molecule has 5 heteroatoms. The van der Waals surface area contributed by atoms with Crippen LogP contribution in [-0.2, 0) is 0 Å². The van der Waals surface area contributed by atoms with Gasteiger partial charge in [0.2, 0.25) is 0 Å².